The number of halogens is 1. The van der Waals surface area contributed by atoms with Gasteiger partial charge in [-0.15, -0.1) is 23.7 Å². The highest BCUT2D eigenvalue weighted by molar-refractivity contribution is 7.09. The SMILES string of the molecule is Cl.NCc1nc(C(=O)Nc2ccc(OCC3CC3)cc2)cs1. The number of nitrogens with zero attached hydrogens (tertiary/aromatic N) is 1. The van der Waals surface area contributed by atoms with Crippen LogP contribution in [0.1, 0.15) is 28.3 Å². The molecule has 1 aliphatic carbocycles. The molecule has 1 aromatic carbocycles. The van der Waals surface area contributed by atoms with E-state index < -0.39 is 0 Å². The van der Waals surface area contributed by atoms with Gasteiger partial charge in [0.2, 0.25) is 0 Å². The molecular weight excluding hydrogens is 322 g/mol. The summed E-state index contributed by atoms with van der Waals surface area (Å²) in [5.74, 6) is 1.34. The third-order valence-electron chi connectivity index (χ3n) is 3.25. The zero-order valence-corrected chi connectivity index (χ0v) is 13.6. The highest BCUT2D eigenvalue weighted by Gasteiger charge is 2.21. The summed E-state index contributed by atoms with van der Waals surface area (Å²) < 4.78 is 5.66. The van der Waals surface area contributed by atoms with E-state index in [1.807, 2.05) is 24.3 Å². The van der Waals surface area contributed by atoms with Crippen molar-refractivity contribution in [2.45, 2.75) is 19.4 Å². The molecule has 0 aliphatic heterocycles. The Kier molecular flexibility index (Phi) is 5.76. The first-order valence-corrected chi connectivity index (χ1v) is 7.81. The van der Waals surface area contributed by atoms with E-state index in [-0.39, 0.29) is 18.3 Å². The second kappa shape index (κ2) is 7.58. The molecule has 1 aromatic heterocycles. The molecule has 1 fully saturated rings. The molecule has 0 radical (unpaired) electrons. The number of nitrogens with one attached hydrogen (secondary N) is 1. The van der Waals surface area contributed by atoms with Crippen molar-refractivity contribution in [3.05, 3.63) is 40.3 Å². The molecule has 0 spiro atoms. The molecule has 1 heterocycles. The molecule has 0 saturated heterocycles. The summed E-state index contributed by atoms with van der Waals surface area (Å²) in [5.41, 5.74) is 6.61. The van der Waals surface area contributed by atoms with Crippen LogP contribution in [0.15, 0.2) is 29.6 Å². The van der Waals surface area contributed by atoms with Crippen molar-refractivity contribution in [1.29, 1.82) is 0 Å². The number of hydrogen-bond donors (Lipinski definition) is 2. The van der Waals surface area contributed by atoms with Gasteiger partial charge in [0.1, 0.15) is 16.5 Å². The standard InChI is InChI=1S/C15H17N3O2S.ClH/c16-7-14-18-13(9-21-14)15(19)17-11-3-5-12(6-4-11)20-8-10-1-2-10;/h3-6,9-10H,1-2,7-8,16H2,(H,17,19);1H. The van der Waals surface area contributed by atoms with Crippen LogP contribution in [0, 0.1) is 5.92 Å². The predicted octanol–water partition coefficient (Wildman–Crippen LogP) is 3.06. The van der Waals surface area contributed by atoms with Crippen molar-refractivity contribution in [3.63, 3.8) is 0 Å². The summed E-state index contributed by atoms with van der Waals surface area (Å²) in [6, 6.07) is 7.39. The average molecular weight is 340 g/mol. The average Bonchev–Trinajstić information content (AvgIpc) is 3.21. The quantitative estimate of drug-likeness (QED) is 0.848. The van der Waals surface area contributed by atoms with E-state index in [4.69, 9.17) is 10.5 Å². The first-order valence-electron chi connectivity index (χ1n) is 6.93. The van der Waals surface area contributed by atoms with Crippen molar-refractivity contribution in [3.8, 4) is 5.75 Å². The number of hydrogen-bond acceptors (Lipinski definition) is 5. The second-order valence-corrected chi connectivity index (χ2v) is 6.01. The van der Waals surface area contributed by atoms with Crippen molar-refractivity contribution in [2.24, 2.45) is 11.7 Å². The Morgan fingerprint density at radius 3 is 2.68 bits per heavy atom. The third kappa shape index (κ3) is 4.43. The molecule has 2 aromatic rings. The van der Waals surface area contributed by atoms with Gasteiger partial charge in [-0.25, -0.2) is 4.98 Å². The summed E-state index contributed by atoms with van der Waals surface area (Å²) >= 11 is 1.39. The van der Waals surface area contributed by atoms with Gasteiger partial charge in [0.05, 0.1) is 6.61 Å². The lowest BCUT2D eigenvalue weighted by molar-refractivity contribution is 0.102. The summed E-state index contributed by atoms with van der Waals surface area (Å²) in [6.45, 7) is 1.14. The van der Waals surface area contributed by atoms with Crippen molar-refractivity contribution in [1.82, 2.24) is 4.98 Å². The van der Waals surface area contributed by atoms with E-state index in [0.717, 1.165) is 29.0 Å². The van der Waals surface area contributed by atoms with E-state index in [1.165, 1.54) is 24.2 Å². The third-order valence-corrected chi connectivity index (χ3v) is 4.12. The molecule has 5 nitrogen and oxygen atoms in total. The maximum atomic E-state index is 12.0. The smallest absolute Gasteiger partial charge is 0.275 e. The number of ether oxygens (including phenoxy) is 1. The van der Waals surface area contributed by atoms with Crippen LogP contribution in [0.5, 0.6) is 5.75 Å². The molecule has 118 valence electrons. The fraction of sp³-hybridized carbons (Fsp3) is 0.333. The van der Waals surface area contributed by atoms with Crippen LogP contribution in [0.25, 0.3) is 0 Å². The molecule has 7 heteroatoms. The van der Waals surface area contributed by atoms with Crippen LogP contribution in [0.4, 0.5) is 5.69 Å². The topological polar surface area (TPSA) is 77.2 Å². The summed E-state index contributed by atoms with van der Waals surface area (Å²) in [5, 5.41) is 5.28. The van der Waals surface area contributed by atoms with Crippen LogP contribution < -0.4 is 15.8 Å². The predicted molar refractivity (Wildman–Crippen MR) is 89.9 cm³/mol. The molecule has 1 saturated carbocycles. The highest BCUT2D eigenvalue weighted by atomic mass is 35.5. The van der Waals surface area contributed by atoms with Crippen LogP contribution in [-0.4, -0.2) is 17.5 Å². The number of carbonyl (C=O) groups is 1. The lowest BCUT2D eigenvalue weighted by Crippen LogP contribution is -2.12. The van der Waals surface area contributed by atoms with E-state index in [2.05, 4.69) is 10.3 Å². The van der Waals surface area contributed by atoms with Crippen LogP contribution in [0.2, 0.25) is 0 Å². The molecule has 22 heavy (non-hydrogen) atoms. The largest absolute Gasteiger partial charge is 0.493 e. The Bertz CT molecular complexity index is 626. The Morgan fingerprint density at radius 1 is 1.36 bits per heavy atom. The number of aromatic nitrogens is 1. The lowest BCUT2D eigenvalue weighted by Gasteiger charge is -2.07. The van der Waals surface area contributed by atoms with Crippen molar-refractivity contribution in [2.75, 3.05) is 11.9 Å². The second-order valence-electron chi connectivity index (χ2n) is 5.06. The number of carbonyl (C=O) groups excluding carboxylic acids is 1. The summed E-state index contributed by atoms with van der Waals surface area (Å²) in [7, 11) is 0. The molecule has 3 rings (SSSR count). The fourth-order valence-corrected chi connectivity index (χ4v) is 2.49. The molecule has 1 amide bonds. The highest BCUT2D eigenvalue weighted by Crippen LogP contribution is 2.29. The minimum atomic E-state index is -0.224. The van der Waals surface area contributed by atoms with Gasteiger partial charge in [0.25, 0.3) is 5.91 Å². The number of amides is 1. The van der Waals surface area contributed by atoms with E-state index in [1.54, 1.807) is 5.38 Å². The lowest BCUT2D eigenvalue weighted by atomic mass is 10.3. The Morgan fingerprint density at radius 2 is 2.09 bits per heavy atom. The monoisotopic (exact) mass is 339 g/mol. The minimum absolute atomic E-state index is 0. The first kappa shape index (κ1) is 16.7. The van der Waals surface area contributed by atoms with Crippen LogP contribution in [0.3, 0.4) is 0 Å². The molecule has 0 atom stereocenters. The zero-order chi connectivity index (χ0) is 14.7. The van der Waals surface area contributed by atoms with E-state index in [9.17, 15) is 4.79 Å². The Balaban J connectivity index is 0.00000176. The van der Waals surface area contributed by atoms with Gasteiger partial charge in [-0.1, -0.05) is 0 Å². The molecule has 0 unspecified atom stereocenters. The minimum Gasteiger partial charge on any atom is -0.493 e. The first-order chi connectivity index (χ1) is 10.2. The van der Waals surface area contributed by atoms with E-state index in [0.29, 0.717) is 12.2 Å². The number of nitrogens with two attached hydrogens (primary N) is 1. The molecule has 0 bridgehead atoms. The molecule has 1 aliphatic rings. The number of rotatable bonds is 6. The molecular formula is C15H18ClN3O2S. The number of anilines is 1. The van der Waals surface area contributed by atoms with Crippen LogP contribution in [-0.2, 0) is 6.54 Å². The van der Waals surface area contributed by atoms with Gasteiger partial charge in [-0.05, 0) is 43.0 Å². The maximum absolute atomic E-state index is 12.0. The van der Waals surface area contributed by atoms with Crippen molar-refractivity contribution < 1.29 is 9.53 Å². The number of benzene rings is 1. The van der Waals surface area contributed by atoms with E-state index >= 15 is 0 Å². The van der Waals surface area contributed by atoms with Gasteiger partial charge in [-0.3, -0.25) is 4.79 Å². The van der Waals surface area contributed by atoms with Gasteiger partial charge < -0.3 is 15.8 Å². The summed E-state index contributed by atoms with van der Waals surface area (Å²) in [6.07, 6.45) is 2.54. The normalized spacial score (nSPS) is 13.3. The Hall–Kier alpha value is -1.63. The van der Waals surface area contributed by atoms with Gasteiger partial charge in [0, 0.05) is 17.6 Å². The van der Waals surface area contributed by atoms with Gasteiger partial charge in [0.15, 0.2) is 0 Å². The van der Waals surface area contributed by atoms with Crippen LogP contribution >= 0.6 is 23.7 Å². The Labute approximate surface area is 139 Å². The summed E-state index contributed by atoms with van der Waals surface area (Å²) in [4.78, 5) is 16.2. The van der Waals surface area contributed by atoms with Gasteiger partial charge >= 0.3 is 0 Å². The number of thiazole rings is 1. The maximum Gasteiger partial charge on any atom is 0.275 e. The van der Waals surface area contributed by atoms with Gasteiger partial charge in [-0.2, -0.15) is 0 Å². The van der Waals surface area contributed by atoms with Crippen molar-refractivity contribution >= 4 is 35.3 Å². The fourth-order valence-electron chi connectivity index (χ4n) is 1.84. The zero-order valence-electron chi connectivity index (χ0n) is 12.0. The molecule has 3 N–H and O–H groups in total.